The minimum atomic E-state index is -0.179. The molecule has 1 N–H and O–H groups in total. The molecule has 18 heavy (non-hydrogen) atoms. The van der Waals surface area contributed by atoms with Gasteiger partial charge in [-0.3, -0.25) is 4.79 Å². The summed E-state index contributed by atoms with van der Waals surface area (Å²) in [6, 6.07) is 4.87. The number of aromatic hydroxyl groups is 1. The second-order valence-electron chi connectivity index (χ2n) is 3.74. The predicted octanol–water partition coefficient (Wildman–Crippen LogP) is 2.65. The number of phenolic OH excluding ortho intramolecular Hbond substituents is 1. The molecular formula is C13H18BrNO3. The normalized spacial score (nSPS) is 10.4. The third-order valence-corrected chi connectivity index (χ3v) is 3.06. The predicted molar refractivity (Wildman–Crippen MR) is 73.9 cm³/mol. The smallest absolute Gasteiger partial charge is 0.257 e. The third-order valence-electron chi connectivity index (χ3n) is 2.57. The fraction of sp³-hybridized carbons (Fsp3) is 0.462. The largest absolute Gasteiger partial charge is 0.507 e. The van der Waals surface area contributed by atoms with Crippen molar-refractivity contribution < 1.29 is 14.6 Å². The Hall–Kier alpha value is -1.07. The van der Waals surface area contributed by atoms with E-state index in [4.69, 9.17) is 4.74 Å². The van der Waals surface area contributed by atoms with Crippen LogP contribution in [0.1, 0.15) is 24.2 Å². The van der Waals surface area contributed by atoms with Gasteiger partial charge in [0.15, 0.2) is 0 Å². The molecule has 0 radical (unpaired) electrons. The second kappa shape index (κ2) is 7.38. The van der Waals surface area contributed by atoms with E-state index in [1.807, 2.05) is 13.8 Å². The van der Waals surface area contributed by atoms with Crippen LogP contribution in [-0.4, -0.2) is 42.2 Å². The van der Waals surface area contributed by atoms with Crippen molar-refractivity contribution in [2.75, 3.05) is 26.3 Å². The summed E-state index contributed by atoms with van der Waals surface area (Å²) in [5.74, 6) is -0.188. The average Bonchev–Trinajstić information content (AvgIpc) is 2.34. The Morgan fingerprint density at radius 2 is 2.17 bits per heavy atom. The fourth-order valence-corrected chi connectivity index (χ4v) is 1.93. The molecular weight excluding hydrogens is 298 g/mol. The van der Waals surface area contributed by atoms with Crippen LogP contribution in [0, 0.1) is 0 Å². The van der Waals surface area contributed by atoms with E-state index >= 15 is 0 Å². The zero-order valence-corrected chi connectivity index (χ0v) is 12.2. The second-order valence-corrected chi connectivity index (χ2v) is 4.66. The summed E-state index contributed by atoms with van der Waals surface area (Å²) in [4.78, 5) is 13.8. The molecule has 0 heterocycles. The minimum absolute atomic E-state index is 0.00997. The van der Waals surface area contributed by atoms with Gasteiger partial charge in [-0.15, -0.1) is 0 Å². The number of hydrogen-bond donors (Lipinski definition) is 1. The van der Waals surface area contributed by atoms with Crippen LogP contribution in [0.5, 0.6) is 5.75 Å². The van der Waals surface area contributed by atoms with Gasteiger partial charge in [-0.05, 0) is 32.0 Å². The minimum Gasteiger partial charge on any atom is -0.507 e. The number of amides is 1. The van der Waals surface area contributed by atoms with E-state index in [2.05, 4.69) is 15.9 Å². The van der Waals surface area contributed by atoms with Crippen LogP contribution in [0.4, 0.5) is 0 Å². The maximum atomic E-state index is 12.2. The number of carbonyl (C=O) groups excluding carboxylic acids is 1. The number of halogens is 1. The van der Waals surface area contributed by atoms with E-state index in [0.717, 1.165) is 4.47 Å². The molecule has 0 fully saturated rings. The Morgan fingerprint density at radius 1 is 1.44 bits per heavy atom. The first-order valence-corrected chi connectivity index (χ1v) is 6.75. The summed E-state index contributed by atoms with van der Waals surface area (Å²) >= 11 is 3.25. The molecule has 4 nitrogen and oxygen atoms in total. The van der Waals surface area contributed by atoms with Gasteiger partial charge in [0, 0.05) is 24.2 Å². The van der Waals surface area contributed by atoms with Gasteiger partial charge in [0.05, 0.1) is 12.2 Å². The summed E-state index contributed by atoms with van der Waals surface area (Å²) in [5, 5.41) is 9.77. The highest BCUT2D eigenvalue weighted by Gasteiger charge is 2.17. The first-order chi connectivity index (χ1) is 8.60. The molecule has 0 saturated carbocycles. The van der Waals surface area contributed by atoms with Crippen LogP contribution in [0.15, 0.2) is 22.7 Å². The van der Waals surface area contributed by atoms with E-state index in [1.165, 1.54) is 6.07 Å². The zero-order valence-electron chi connectivity index (χ0n) is 10.6. The molecule has 100 valence electrons. The highest BCUT2D eigenvalue weighted by molar-refractivity contribution is 9.10. The van der Waals surface area contributed by atoms with Gasteiger partial charge in [-0.1, -0.05) is 15.9 Å². The highest BCUT2D eigenvalue weighted by atomic mass is 79.9. The first-order valence-electron chi connectivity index (χ1n) is 5.95. The van der Waals surface area contributed by atoms with Crippen molar-refractivity contribution in [3.63, 3.8) is 0 Å². The Balaban J connectivity index is 2.76. The molecule has 0 aliphatic heterocycles. The SMILES string of the molecule is CCOCCN(CC)C(=O)c1ccc(Br)cc1O. The van der Waals surface area contributed by atoms with Crippen LogP contribution < -0.4 is 0 Å². The highest BCUT2D eigenvalue weighted by Crippen LogP contribution is 2.23. The number of likely N-dealkylation sites (N-methyl/N-ethyl adjacent to an activating group) is 1. The topological polar surface area (TPSA) is 49.8 Å². The van der Waals surface area contributed by atoms with Gasteiger partial charge >= 0.3 is 0 Å². The lowest BCUT2D eigenvalue weighted by atomic mass is 10.1. The molecule has 0 spiro atoms. The van der Waals surface area contributed by atoms with Crippen LogP contribution in [0.25, 0.3) is 0 Å². The van der Waals surface area contributed by atoms with Gasteiger partial charge in [0.2, 0.25) is 0 Å². The van der Waals surface area contributed by atoms with Gasteiger partial charge < -0.3 is 14.7 Å². The van der Waals surface area contributed by atoms with Gasteiger partial charge in [0.25, 0.3) is 5.91 Å². The van der Waals surface area contributed by atoms with Crippen molar-refractivity contribution in [2.45, 2.75) is 13.8 Å². The van der Waals surface area contributed by atoms with Gasteiger partial charge in [0.1, 0.15) is 5.75 Å². The van der Waals surface area contributed by atoms with Crippen LogP contribution >= 0.6 is 15.9 Å². The number of nitrogens with zero attached hydrogens (tertiary/aromatic N) is 1. The number of phenols is 1. The van der Waals surface area contributed by atoms with Crippen molar-refractivity contribution in [1.29, 1.82) is 0 Å². The zero-order chi connectivity index (χ0) is 13.5. The quantitative estimate of drug-likeness (QED) is 0.821. The molecule has 1 amide bonds. The van der Waals surface area contributed by atoms with E-state index in [0.29, 0.717) is 31.9 Å². The molecule has 1 rings (SSSR count). The number of benzene rings is 1. The number of rotatable bonds is 6. The summed E-state index contributed by atoms with van der Waals surface area (Å²) in [5.41, 5.74) is 0.316. The van der Waals surface area contributed by atoms with Crippen molar-refractivity contribution in [1.82, 2.24) is 4.90 Å². The molecule has 0 aromatic heterocycles. The maximum Gasteiger partial charge on any atom is 0.257 e. The lowest BCUT2D eigenvalue weighted by Crippen LogP contribution is -2.33. The molecule has 1 aromatic rings. The molecule has 1 aromatic carbocycles. The molecule has 0 unspecified atom stereocenters. The molecule has 0 aliphatic rings. The van der Waals surface area contributed by atoms with Gasteiger partial charge in [-0.25, -0.2) is 0 Å². The Morgan fingerprint density at radius 3 is 2.72 bits per heavy atom. The van der Waals surface area contributed by atoms with Crippen LogP contribution in [0.2, 0.25) is 0 Å². The number of carbonyl (C=O) groups is 1. The Labute approximate surface area is 116 Å². The Kier molecular flexibility index (Phi) is 6.15. The molecule has 5 heteroatoms. The molecule has 0 saturated heterocycles. The fourth-order valence-electron chi connectivity index (χ4n) is 1.58. The van der Waals surface area contributed by atoms with Gasteiger partial charge in [-0.2, -0.15) is 0 Å². The summed E-state index contributed by atoms with van der Waals surface area (Å²) < 4.78 is 5.98. The molecule has 0 atom stereocenters. The summed E-state index contributed by atoms with van der Waals surface area (Å²) in [7, 11) is 0. The molecule has 0 bridgehead atoms. The van der Waals surface area contributed by atoms with E-state index in [9.17, 15) is 9.90 Å². The standard InChI is InChI=1S/C13H18BrNO3/c1-3-15(7-8-18-4-2)13(17)11-6-5-10(14)9-12(11)16/h5-6,9,16H,3-4,7-8H2,1-2H3. The first kappa shape index (κ1) is 15.0. The van der Waals surface area contributed by atoms with Crippen LogP contribution in [0.3, 0.4) is 0 Å². The average molecular weight is 316 g/mol. The lowest BCUT2D eigenvalue weighted by molar-refractivity contribution is 0.0666. The molecule has 0 aliphatic carbocycles. The van der Waals surface area contributed by atoms with E-state index in [-0.39, 0.29) is 11.7 Å². The van der Waals surface area contributed by atoms with Crippen molar-refractivity contribution in [3.8, 4) is 5.75 Å². The summed E-state index contributed by atoms with van der Waals surface area (Å²) in [6.07, 6.45) is 0. The Bertz CT molecular complexity index is 409. The number of ether oxygens (including phenoxy) is 1. The van der Waals surface area contributed by atoms with Crippen molar-refractivity contribution in [3.05, 3.63) is 28.2 Å². The monoisotopic (exact) mass is 315 g/mol. The van der Waals surface area contributed by atoms with Crippen molar-refractivity contribution in [2.24, 2.45) is 0 Å². The van der Waals surface area contributed by atoms with Crippen molar-refractivity contribution >= 4 is 21.8 Å². The lowest BCUT2D eigenvalue weighted by Gasteiger charge is -2.21. The summed E-state index contributed by atoms with van der Waals surface area (Å²) in [6.45, 7) is 6.07. The number of hydrogen-bond acceptors (Lipinski definition) is 3. The van der Waals surface area contributed by atoms with E-state index in [1.54, 1.807) is 17.0 Å². The van der Waals surface area contributed by atoms with Crippen LogP contribution in [-0.2, 0) is 4.74 Å². The maximum absolute atomic E-state index is 12.2. The van der Waals surface area contributed by atoms with E-state index < -0.39 is 0 Å². The third kappa shape index (κ3) is 3.99.